The molecule has 0 aromatic carbocycles. The zero-order valence-corrected chi connectivity index (χ0v) is 50.4. The van der Waals surface area contributed by atoms with Gasteiger partial charge in [0.1, 0.15) is 34.6 Å². The molecule has 0 spiro atoms. The Balaban J connectivity index is 0.000000151. The molecule has 3 aliphatic heterocycles. The molecule has 0 amide bonds. The first kappa shape index (κ1) is 60.6. The zero-order valence-electron chi connectivity index (χ0n) is 46.4. The number of carbonyl (C=O) groups is 2. The number of nitrogens with zero attached hydrogens (tertiary/aromatic N) is 16. The number of aryl methyl sites for hydroxylation is 2. The Morgan fingerprint density at radius 1 is 0.580 bits per heavy atom. The number of nitrogens with one attached hydrogen (secondary N) is 1. The van der Waals surface area contributed by atoms with E-state index >= 15 is 0 Å². The van der Waals surface area contributed by atoms with Gasteiger partial charge in [0.15, 0.2) is 21.3 Å². The Kier molecular flexibility index (Phi) is 23.7. The lowest BCUT2D eigenvalue weighted by Gasteiger charge is -2.21. The second kappa shape index (κ2) is 31.7. The number of nitrogen functional groups attached to an aromatic ring is 2. The smallest absolute Gasteiger partial charge is 0.323 e. The molecule has 81 heavy (non-hydrogen) atoms. The van der Waals surface area contributed by atoms with Gasteiger partial charge in [0, 0.05) is 75.2 Å². The number of halogens is 1. The summed E-state index contributed by atoms with van der Waals surface area (Å²) in [5.74, 6) is 1.97. The highest BCUT2D eigenvalue weighted by Crippen LogP contribution is 2.33. The van der Waals surface area contributed by atoms with Crippen molar-refractivity contribution in [2.24, 2.45) is 0 Å². The summed E-state index contributed by atoms with van der Waals surface area (Å²) in [5.41, 5.74) is 16.5. The van der Waals surface area contributed by atoms with E-state index in [0.717, 1.165) is 118 Å². The number of aliphatic carboxylic acids is 1. The van der Waals surface area contributed by atoms with Crippen molar-refractivity contribution in [2.45, 2.75) is 122 Å². The number of hydrogen-bond acceptors (Lipinski definition) is 24. The summed E-state index contributed by atoms with van der Waals surface area (Å²) in [7, 11) is 3.68. The lowest BCUT2D eigenvalue weighted by atomic mass is 10.2. The Morgan fingerprint density at radius 2 is 1.06 bits per heavy atom. The molecule has 432 valence electrons. The average molecular weight is 1230 g/mol. The standard InChI is InChI=1S/C24H29N7OS.C15H16N4O2.C8H14N4S.C6H13N.C2H2BrN3S/c1-30(16-17(32)15-21-28-29-24(33-21)31-13-6-2-3-7-14-31)23-18-9-8-11-19(18)26-22(27-23)20-10-4-5-12-25-20;1-19(9-13(20)21)15-10-5-4-7-11(10)17-14(18-15)12-6-2-3-8-16-12;9-7-10-11-8(13-7)12-5-3-1-2-4-6-12;1-2-4-6-7-5-3-1;3-1-5-6-2(4)7-1/h4-5,10,12H,2-3,6-9,11,13-16H2,1H3;2-3,6,8H,4-5,7,9H2,1H3,(H,20,21);1-6H2,(H2,9,10);7H,1-6H2;(H2,4,6). The fourth-order valence-electron chi connectivity index (χ4n) is 10.0. The molecular formula is C55H74BrN19O3S3. The molecular weight excluding hydrogens is 1150 g/mol. The molecule has 26 heteroatoms. The Labute approximate surface area is 494 Å². The largest absolute Gasteiger partial charge is 0.480 e. The van der Waals surface area contributed by atoms with Crippen LogP contribution >= 0.6 is 49.9 Å². The van der Waals surface area contributed by atoms with Crippen molar-refractivity contribution in [1.82, 2.24) is 65.8 Å². The first-order chi connectivity index (χ1) is 39.5. The lowest BCUT2D eigenvalue weighted by Crippen LogP contribution is -2.28. The van der Waals surface area contributed by atoms with Crippen LogP contribution < -0.4 is 36.4 Å². The Bertz CT molecular complexity index is 3010. The van der Waals surface area contributed by atoms with Crippen molar-refractivity contribution in [2.75, 3.05) is 97.5 Å². The zero-order chi connectivity index (χ0) is 56.8. The summed E-state index contributed by atoms with van der Waals surface area (Å²) < 4.78 is 0.727. The average Bonchev–Trinajstić information content (AvgIpc) is 4.52. The molecule has 0 unspecified atom stereocenters. The van der Waals surface area contributed by atoms with Crippen LogP contribution in [0.1, 0.15) is 117 Å². The maximum absolute atomic E-state index is 12.9. The second-order valence-electron chi connectivity index (χ2n) is 20.3. The van der Waals surface area contributed by atoms with Crippen molar-refractivity contribution in [1.29, 1.82) is 0 Å². The molecule has 0 bridgehead atoms. The van der Waals surface area contributed by atoms with Crippen LogP contribution in [0.25, 0.3) is 23.0 Å². The van der Waals surface area contributed by atoms with E-state index in [-0.39, 0.29) is 18.9 Å². The molecule has 6 N–H and O–H groups in total. The van der Waals surface area contributed by atoms with Gasteiger partial charge < -0.3 is 41.5 Å². The molecule has 7 aromatic rings. The van der Waals surface area contributed by atoms with E-state index in [1.165, 1.54) is 113 Å². The first-order valence-electron chi connectivity index (χ1n) is 28.1. The number of carbonyl (C=O) groups excluding carboxylic acids is 1. The van der Waals surface area contributed by atoms with E-state index in [1.807, 2.05) is 48.3 Å². The Morgan fingerprint density at radius 3 is 1.51 bits per heavy atom. The summed E-state index contributed by atoms with van der Waals surface area (Å²) in [6.07, 6.45) is 25.4. The number of fused-ring (bicyclic) bond motifs is 2. The molecule has 10 heterocycles. The van der Waals surface area contributed by atoms with Crippen LogP contribution in [0.3, 0.4) is 0 Å². The number of carboxylic acid groups (broad SMARTS) is 1. The summed E-state index contributed by atoms with van der Waals surface area (Å²) in [5, 5.41) is 39.8. The highest BCUT2D eigenvalue weighted by atomic mass is 79.9. The van der Waals surface area contributed by atoms with Gasteiger partial charge in [0.2, 0.25) is 20.5 Å². The summed E-state index contributed by atoms with van der Waals surface area (Å²) in [6.45, 7) is 6.98. The Hall–Kier alpha value is -6.48. The number of nitrogens with two attached hydrogens (primary N) is 2. The third-order valence-electron chi connectivity index (χ3n) is 14.0. The van der Waals surface area contributed by atoms with E-state index in [0.29, 0.717) is 39.8 Å². The van der Waals surface area contributed by atoms with Gasteiger partial charge in [-0.25, -0.2) is 19.9 Å². The predicted octanol–water partition coefficient (Wildman–Crippen LogP) is 8.59. The van der Waals surface area contributed by atoms with Crippen LogP contribution in [-0.4, -0.2) is 144 Å². The van der Waals surface area contributed by atoms with Crippen LogP contribution in [0, 0.1) is 0 Å². The van der Waals surface area contributed by atoms with Gasteiger partial charge in [0.05, 0.1) is 13.0 Å². The van der Waals surface area contributed by atoms with Gasteiger partial charge in [-0.3, -0.25) is 19.6 Å². The molecule has 22 nitrogen and oxygen atoms in total. The molecule has 3 fully saturated rings. The number of hydrogen-bond donors (Lipinski definition) is 4. The van der Waals surface area contributed by atoms with Gasteiger partial charge in [-0.2, -0.15) is 0 Å². The molecule has 3 saturated heterocycles. The maximum atomic E-state index is 12.9. The minimum Gasteiger partial charge on any atom is -0.480 e. The minimum absolute atomic E-state index is 0.0783. The predicted molar refractivity (Wildman–Crippen MR) is 326 cm³/mol. The lowest BCUT2D eigenvalue weighted by molar-refractivity contribution is -0.135. The summed E-state index contributed by atoms with van der Waals surface area (Å²) in [4.78, 5) is 59.5. The van der Waals surface area contributed by atoms with E-state index in [1.54, 1.807) is 35.7 Å². The number of pyridine rings is 2. The third kappa shape index (κ3) is 18.8. The van der Waals surface area contributed by atoms with E-state index in [2.05, 4.69) is 81.6 Å². The molecule has 0 atom stereocenters. The quantitative estimate of drug-likeness (QED) is 0.0890. The maximum Gasteiger partial charge on any atom is 0.323 e. The van der Waals surface area contributed by atoms with Crippen LogP contribution in [0.2, 0.25) is 0 Å². The van der Waals surface area contributed by atoms with Crippen molar-refractivity contribution < 1.29 is 14.7 Å². The van der Waals surface area contributed by atoms with Gasteiger partial charge in [-0.1, -0.05) is 84.7 Å². The number of anilines is 6. The van der Waals surface area contributed by atoms with Gasteiger partial charge in [0.25, 0.3) is 0 Å². The van der Waals surface area contributed by atoms with E-state index in [4.69, 9.17) is 26.5 Å². The van der Waals surface area contributed by atoms with Crippen LogP contribution in [0.5, 0.6) is 0 Å². The van der Waals surface area contributed by atoms with E-state index in [9.17, 15) is 9.59 Å². The fourth-order valence-corrected chi connectivity index (χ4v) is 12.5. The van der Waals surface area contributed by atoms with Crippen molar-refractivity contribution in [3.8, 4) is 23.0 Å². The van der Waals surface area contributed by atoms with Crippen molar-refractivity contribution in [3.63, 3.8) is 0 Å². The SMILES string of the molecule is C1CCCNCC1.CN(CC(=O)Cc1nnc(N2CCCCCC2)s1)c1nc(-c2ccccn2)nc2c1CCC2.CN(CC(=O)O)c1nc(-c2ccccn2)nc2c1CCC2.Nc1nnc(Br)s1.Nc1nnc(N2CCCCCC2)s1. The van der Waals surface area contributed by atoms with Crippen LogP contribution in [-0.2, 0) is 41.7 Å². The second-order valence-corrected chi connectivity index (χ2v) is 24.6. The molecule has 12 rings (SSSR count). The van der Waals surface area contributed by atoms with E-state index < -0.39 is 5.97 Å². The summed E-state index contributed by atoms with van der Waals surface area (Å²) >= 11 is 7.45. The minimum atomic E-state index is -0.873. The van der Waals surface area contributed by atoms with Crippen LogP contribution in [0.15, 0.2) is 52.7 Å². The first-order valence-corrected chi connectivity index (χ1v) is 31.4. The number of Topliss-reactive ketones (excluding diaryl/α,β-unsaturated/α-hetero) is 1. The molecule has 2 aliphatic carbocycles. The van der Waals surface area contributed by atoms with Gasteiger partial charge in [-0.15, -0.1) is 30.6 Å². The fraction of sp³-hybridized carbons (Fsp3) is 0.527. The number of rotatable bonds is 12. The van der Waals surface area contributed by atoms with Crippen molar-refractivity contribution in [3.05, 3.63) is 80.2 Å². The molecule has 0 saturated carbocycles. The number of ketones is 1. The van der Waals surface area contributed by atoms with Crippen LogP contribution in [0.4, 0.5) is 32.2 Å². The molecule has 0 radical (unpaired) electrons. The highest BCUT2D eigenvalue weighted by Gasteiger charge is 2.26. The monoisotopic (exact) mass is 1220 g/mol. The number of aromatic nitrogens is 12. The van der Waals surface area contributed by atoms with Gasteiger partial charge >= 0.3 is 5.97 Å². The highest BCUT2D eigenvalue weighted by molar-refractivity contribution is 9.11. The van der Waals surface area contributed by atoms with Gasteiger partial charge in [-0.05, 0) is 130 Å². The topological polar surface area (TPSA) is 286 Å². The normalized spacial score (nSPS) is 15.7. The molecule has 5 aliphatic rings. The third-order valence-corrected chi connectivity index (χ3v) is 17.0. The molecule has 7 aromatic heterocycles. The van der Waals surface area contributed by atoms with Crippen molar-refractivity contribution >= 4 is 93.9 Å². The number of carboxylic acids is 1. The summed E-state index contributed by atoms with van der Waals surface area (Å²) in [6, 6.07) is 11.3. The number of likely N-dealkylation sites (N-methyl/N-ethyl adjacent to an activating group) is 2.